The topological polar surface area (TPSA) is 40.5 Å². The fourth-order valence-corrected chi connectivity index (χ4v) is 3.92. The Labute approximate surface area is 67.7 Å². The van der Waals surface area contributed by atoms with Crippen molar-refractivity contribution in [1.82, 2.24) is 0 Å². The van der Waals surface area contributed by atoms with E-state index in [1.54, 1.807) is 23.5 Å². The van der Waals surface area contributed by atoms with E-state index in [0.717, 1.165) is 4.91 Å². The van der Waals surface area contributed by atoms with E-state index in [0.29, 0.717) is 5.25 Å². The molecule has 0 spiro atoms. The van der Waals surface area contributed by atoms with E-state index in [1.165, 1.54) is 0 Å². The lowest BCUT2D eigenvalue weighted by Crippen LogP contribution is -2.09. The summed E-state index contributed by atoms with van der Waals surface area (Å²) in [4.78, 5) is 1.01. The van der Waals surface area contributed by atoms with Gasteiger partial charge in [0, 0.05) is 4.91 Å². The van der Waals surface area contributed by atoms with Crippen molar-refractivity contribution < 1.29 is 10.2 Å². The Morgan fingerprint density at radius 2 is 2.40 bits per heavy atom. The zero-order valence-electron chi connectivity index (χ0n) is 5.28. The Balaban J connectivity index is 2.07. The van der Waals surface area contributed by atoms with Gasteiger partial charge in [0.2, 0.25) is 0 Å². The third-order valence-corrected chi connectivity index (χ3v) is 4.98. The third-order valence-electron chi connectivity index (χ3n) is 1.72. The summed E-state index contributed by atoms with van der Waals surface area (Å²) in [6.07, 6.45) is 2.05. The summed E-state index contributed by atoms with van der Waals surface area (Å²) in [7, 11) is 0. The average molecular weight is 176 g/mol. The number of hydrogen-bond acceptors (Lipinski definition) is 4. The number of thioether (sulfide) groups is 2. The van der Waals surface area contributed by atoms with Crippen LogP contribution in [0.5, 0.6) is 0 Å². The Morgan fingerprint density at radius 3 is 2.80 bits per heavy atom. The summed E-state index contributed by atoms with van der Waals surface area (Å²) in [5.41, 5.74) is 0. The van der Waals surface area contributed by atoms with E-state index in [4.69, 9.17) is 10.2 Å². The standard InChI is InChI=1S/C6H8O2S2/c7-2-4-1-5-6(3-8,9-4)10-5/h1,5,7-8H,2-3H2. The first-order valence-electron chi connectivity index (χ1n) is 3.10. The molecule has 2 heterocycles. The predicted molar refractivity (Wildman–Crippen MR) is 44.0 cm³/mol. The molecular formula is C6H8O2S2. The normalized spacial score (nSPS) is 43.0. The minimum absolute atomic E-state index is 0.0120. The second-order valence-corrected chi connectivity index (χ2v) is 5.59. The van der Waals surface area contributed by atoms with Gasteiger partial charge in [-0.2, -0.15) is 0 Å². The van der Waals surface area contributed by atoms with Gasteiger partial charge in [0.15, 0.2) is 0 Å². The molecule has 56 valence electrons. The van der Waals surface area contributed by atoms with Gasteiger partial charge < -0.3 is 10.2 Å². The molecule has 0 aliphatic carbocycles. The summed E-state index contributed by atoms with van der Waals surface area (Å²) in [6, 6.07) is 0. The first-order chi connectivity index (χ1) is 4.80. The van der Waals surface area contributed by atoms with Crippen LogP contribution in [0.25, 0.3) is 0 Å². The van der Waals surface area contributed by atoms with E-state index >= 15 is 0 Å². The maximum absolute atomic E-state index is 8.92. The highest BCUT2D eigenvalue weighted by molar-refractivity contribution is 8.27. The fourth-order valence-electron chi connectivity index (χ4n) is 1.09. The van der Waals surface area contributed by atoms with E-state index in [-0.39, 0.29) is 17.3 Å². The quantitative estimate of drug-likeness (QED) is 0.598. The summed E-state index contributed by atoms with van der Waals surface area (Å²) in [5.74, 6) is 0. The van der Waals surface area contributed by atoms with Crippen LogP contribution in [-0.4, -0.2) is 32.8 Å². The van der Waals surface area contributed by atoms with Gasteiger partial charge in [0.1, 0.15) is 4.08 Å². The fraction of sp³-hybridized carbons (Fsp3) is 0.667. The van der Waals surface area contributed by atoms with E-state index in [9.17, 15) is 0 Å². The number of rotatable bonds is 2. The minimum atomic E-state index is 0.0120. The van der Waals surface area contributed by atoms with Crippen molar-refractivity contribution in [3.05, 3.63) is 11.0 Å². The maximum Gasteiger partial charge on any atom is 0.104 e. The molecule has 2 aliphatic rings. The molecule has 0 amide bonds. The molecule has 2 aliphatic heterocycles. The lowest BCUT2D eigenvalue weighted by Gasteiger charge is -2.05. The molecule has 4 heteroatoms. The van der Waals surface area contributed by atoms with E-state index in [1.807, 2.05) is 6.08 Å². The summed E-state index contributed by atoms with van der Waals surface area (Å²) < 4.78 is 0.0120. The van der Waals surface area contributed by atoms with Gasteiger partial charge in [-0.1, -0.05) is 6.08 Å². The Hall–Kier alpha value is 0.360. The molecule has 0 aromatic heterocycles. The molecule has 0 saturated carbocycles. The molecule has 2 unspecified atom stereocenters. The summed E-state index contributed by atoms with van der Waals surface area (Å²) in [5, 5.41) is 18.1. The van der Waals surface area contributed by atoms with E-state index in [2.05, 4.69) is 0 Å². The summed E-state index contributed by atoms with van der Waals surface area (Å²) >= 11 is 3.38. The van der Waals surface area contributed by atoms with Crippen LogP contribution in [0.4, 0.5) is 0 Å². The summed E-state index contributed by atoms with van der Waals surface area (Å²) in [6.45, 7) is 0.344. The van der Waals surface area contributed by atoms with Crippen molar-refractivity contribution in [2.45, 2.75) is 9.33 Å². The van der Waals surface area contributed by atoms with Crippen molar-refractivity contribution in [1.29, 1.82) is 0 Å². The molecule has 2 N–H and O–H groups in total. The highest BCUT2D eigenvalue weighted by Crippen LogP contribution is 2.67. The monoisotopic (exact) mass is 176 g/mol. The Kier molecular flexibility index (Phi) is 1.53. The average Bonchev–Trinajstić information content (AvgIpc) is 2.55. The lowest BCUT2D eigenvalue weighted by atomic mass is 10.3. The number of aliphatic hydroxyl groups is 2. The number of hydrogen-bond donors (Lipinski definition) is 2. The van der Waals surface area contributed by atoms with Gasteiger partial charge in [-0.25, -0.2) is 0 Å². The van der Waals surface area contributed by atoms with E-state index < -0.39 is 0 Å². The Bertz CT molecular complexity index is 192. The highest BCUT2D eigenvalue weighted by atomic mass is 32.2. The van der Waals surface area contributed by atoms with Crippen LogP contribution in [0.2, 0.25) is 0 Å². The van der Waals surface area contributed by atoms with Gasteiger partial charge in [-0.05, 0) is 0 Å². The predicted octanol–water partition coefficient (Wildman–Crippen LogP) is 0.413. The number of fused-ring (bicyclic) bond motifs is 1. The molecule has 0 aromatic rings. The van der Waals surface area contributed by atoms with Gasteiger partial charge in [0.25, 0.3) is 0 Å². The third kappa shape index (κ3) is 0.830. The second kappa shape index (κ2) is 2.17. The largest absolute Gasteiger partial charge is 0.394 e. The molecule has 0 radical (unpaired) electrons. The molecule has 1 fully saturated rings. The molecule has 2 rings (SSSR count). The zero-order valence-corrected chi connectivity index (χ0v) is 6.91. The molecule has 10 heavy (non-hydrogen) atoms. The van der Waals surface area contributed by atoms with Crippen molar-refractivity contribution in [2.24, 2.45) is 0 Å². The van der Waals surface area contributed by atoms with Gasteiger partial charge in [0.05, 0.1) is 18.5 Å². The van der Waals surface area contributed by atoms with Crippen molar-refractivity contribution in [2.75, 3.05) is 13.2 Å². The smallest absolute Gasteiger partial charge is 0.104 e. The SMILES string of the molecule is OCC1=CC2SC2(CO)S1. The molecule has 2 nitrogen and oxygen atoms in total. The molecular weight excluding hydrogens is 168 g/mol. The van der Waals surface area contributed by atoms with Crippen LogP contribution >= 0.6 is 23.5 Å². The molecule has 1 saturated heterocycles. The van der Waals surface area contributed by atoms with Crippen LogP contribution in [0, 0.1) is 0 Å². The van der Waals surface area contributed by atoms with Crippen molar-refractivity contribution in [3.8, 4) is 0 Å². The second-order valence-electron chi connectivity index (χ2n) is 2.40. The van der Waals surface area contributed by atoms with Crippen LogP contribution in [-0.2, 0) is 0 Å². The first kappa shape index (κ1) is 7.03. The maximum atomic E-state index is 8.92. The minimum Gasteiger partial charge on any atom is -0.394 e. The highest BCUT2D eigenvalue weighted by Gasteiger charge is 2.58. The van der Waals surface area contributed by atoms with Crippen LogP contribution < -0.4 is 0 Å². The van der Waals surface area contributed by atoms with Crippen LogP contribution in [0.15, 0.2) is 11.0 Å². The van der Waals surface area contributed by atoms with Crippen molar-refractivity contribution in [3.63, 3.8) is 0 Å². The molecule has 0 aromatic carbocycles. The van der Waals surface area contributed by atoms with Crippen molar-refractivity contribution >= 4 is 23.5 Å². The van der Waals surface area contributed by atoms with Gasteiger partial charge in [-0.15, -0.1) is 23.5 Å². The zero-order chi connectivity index (χ0) is 7.19. The first-order valence-corrected chi connectivity index (χ1v) is 4.79. The van der Waals surface area contributed by atoms with Gasteiger partial charge in [-0.3, -0.25) is 0 Å². The number of aliphatic hydroxyl groups excluding tert-OH is 2. The van der Waals surface area contributed by atoms with Crippen LogP contribution in [0.3, 0.4) is 0 Å². The Morgan fingerprint density at radius 1 is 1.60 bits per heavy atom. The van der Waals surface area contributed by atoms with Gasteiger partial charge >= 0.3 is 0 Å². The molecule has 2 atom stereocenters. The molecule has 0 bridgehead atoms. The van der Waals surface area contributed by atoms with Crippen LogP contribution in [0.1, 0.15) is 0 Å². The lowest BCUT2D eigenvalue weighted by molar-refractivity contribution is 0.297.